The van der Waals surface area contributed by atoms with Gasteiger partial charge in [0.05, 0.1) is 21.8 Å². The Morgan fingerprint density at radius 1 is 0.939 bits per heavy atom. The molecule has 33 heavy (non-hydrogen) atoms. The summed E-state index contributed by atoms with van der Waals surface area (Å²) in [5.41, 5.74) is -2.41. The highest BCUT2D eigenvalue weighted by Crippen LogP contribution is 2.33. The van der Waals surface area contributed by atoms with E-state index in [4.69, 9.17) is 0 Å². The quantitative estimate of drug-likeness (QED) is 0.601. The van der Waals surface area contributed by atoms with Crippen molar-refractivity contribution in [2.45, 2.75) is 49.0 Å². The SMILES string of the molecule is O=C(NC1CCC(CS(=O)(=O)c2cccc(C(F)(F)F)c2)CC1)c1cc(C(F)(F)F)ccn1. The number of benzene rings is 1. The van der Waals surface area contributed by atoms with Gasteiger partial charge in [-0.2, -0.15) is 26.3 Å². The molecule has 0 spiro atoms. The smallest absolute Gasteiger partial charge is 0.348 e. The molecule has 1 amide bonds. The summed E-state index contributed by atoms with van der Waals surface area (Å²) in [6, 6.07) is 4.62. The maximum absolute atomic E-state index is 12.9. The van der Waals surface area contributed by atoms with E-state index in [0.717, 1.165) is 30.5 Å². The summed E-state index contributed by atoms with van der Waals surface area (Å²) in [6.45, 7) is 0. The average Bonchev–Trinajstić information content (AvgIpc) is 2.74. The Morgan fingerprint density at radius 2 is 1.55 bits per heavy atom. The van der Waals surface area contributed by atoms with E-state index in [-0.39, 0.29) is 23.4 Å². The van der Waals surface area contributed by atoms with E-state index >= 15 is 0 Å². The molecule has 0 atom stereocenters. The van der Waals surface area contributed by atoms with Crippen molar-refractivity contribution < 1.29 is 39.6 Å². The molecule has 1 saturated carbocycles. The van der Waals surface area contributed by atoms with Crippen molar-refractivity contribution in [1.82, 2.24) is 10.3 Å². The summed E-state index contributed by atoms with van der Waals surface area (Å²) in [5.74, 6) is -1.41. The number of amides is 1. The van der Waals surface area contributed by atoms with Crippen molar-refractivity contribution in [1.29, 1.82) is 0 Å². The fraction of sp³-hybridized carbons (Fsp3) is 0.429. The standard InChI is InChI=1S/C21H20F6N2O3S/c22-20(23,24)14-2-1-3-17(10-14)33(31,32)12-13-4-6-16(7-5-13)29-19(30)18-11-15(8-9-28-18)21(25,26)27/h1-3,8-11,13,16H,4-7,12H2,(H,29,30). The average molecular weight is 494 g/mol. The van der Waals surface area contributed by atoms with Crippen molar-refractivity contribution in [2.24, 2.45) is 5.92 Å². The molecule has 2 aromatic rings. The number of rotatable bonds is 5. The van der Waals surface area contributed by atoms with E-state index < -0.39 is 44.1 Å². The lowest BCUT2D eigenvalue weighted by atomic mass is 9.87. The van der Waals surface area contributed by atoms with Crippen LogP contribution in [0.1, 0.15) is 47.3 Å². The van der Waals surface area contributed by atoms with Crippen LogP contribution in [0.2, 0.25) is 0 Å². The summed E-state index contributed by atoms with van der Waals surface area (Å²) in [6.07, 6.45) is -6.83. The van der Waals surface area contributed by atoms with Gasteiger partial charge >= 0.3 is 12.4 Å². The minimum Gasteiger partial charge on any atom is -0.348 e. The van der Waals surface area contributed by atoms with Gasteiger partial charge < -0.3 is 5.32 Å². The van der Waals surface area contributed by atoms with Crippen molar-refractivity contribution in [3.05, 3.63) is 59.4 Å². The van der Waals surface area contributed by atoms with Gasteiger partial charge in [0.15, 0.2) is 9.84 Å². The number of sulfone groups is 1. The van der Waals surface area contributed by atoms with Gasteiger partial charge in [-0.05, 0) is 61.9 Å². The molecule has 0 radical (unpaired) electrons. The van der Waals surface area contributed by atoms with E-state index in [1.165, 1.54) is 0 Å². The number of nitrogens with zero attached hydrogens (tertiary/aromatic N) is 1. The zero-order valence-corrected chi connectivity index (χ0v) is 17.9. The van der Waals surface area contributed by atoms with Crippen molar-refractivity contribution in [2.75, 3.05) is 5.75 Å². The summed E-state index contributed by atoms with van der Waals surface area (Å²) in [4.78, 5) is 15.5. The van der Waals surface area contributed by atoms with Crippen LogP contribution in [0.25, 0.3) is 0 Å². The van der Waals surface area contributed by atoms with Crippen molar-refractivity contribution >= 4 is 15.7 Å². The number of aromatic nitrogens is 1. The molecule has 1 aliphatic carbocycles. The Balaban J connectivity index is 1.58. The second kappa shape index (κ2) is 9.32. The zero-order valence-electron chi connectivity index (χ0n) is 17.1. The lowest BCUT2D eigenvalue weighted by Gasteiger charge is -2.29. The van der Waals surface area contributed by atoms with Gasteiger partial charge in [-0.1, -0.05) is 6.07 Å². The van der Waals surface area contributed by atoms with E-state index in [2.05, 4.69) is 10.3 Å². The number of pyridine rings is 1. The van der Waals surface area contributed by atoms with Crippen LogP contribution in [0.15, 0.2) is 47.5 Å². The van der Waals surface area contributed by atoms with E-state index in [9.17, 15) is 39.6 Å². The van der Waals surface area contributed by atoms with Gasteiger partial charge in [-0.3, -0.25) is 9.78 Å². The van der Waals surface area contributed by atoms with Crippen LogP contribution < -0.4 is 5.32 Å². The number of hydrogen-bond acceptors (Lipinski definition) is 4. The Morgan fingerprint density at radius 3 is 2.15 bits per heavy atom. The minimum atomic E-state index is -4.66. The maximum Gasteiger partial charge on any atom is 0.416 e. The Bertz CT molecular complexity index is 1110. The first kappa shape index (κ1) is 25.0. The first-order valence-electron chi connectivity index (χ1n) is 10.00. The van der Waals surface area contributed by atoms with E-state index in [1.807, 2.05) is 0 Å². The number of halogens is 6. The Hall–Kier alpha value is -2.63. The summed E-state index contributed by atoms with van der Waals surface area (Å²) >= 11 is 0. The number of carbonyl (C=O) groups excluding carboxylic acids is 1. The molecule has 1 aromatic carbocycles. The predicted octanol–water partition coefficient (Wildman–Crippen LogP) is 4.88. The van der Waals surface area contributed by atoms with Crippen LogP contribution in [-0.2, 0) is 22.2 Å². The van der Waals surface area contributed by atoms with Crippen molar-refractivity contribution in [3.63, 3.8) is 0 Å². The summed E-state index contributed by atoms with van der Waals surface area (Å²) < 4.78 is 102. The van der Waals surface area contributed by atoms with Gasteiger partial charge in [0.25, 0.3) is 5.91 Å². The van der Waals surface area contributed by atoms with Gasteiger partial charge in [-0.25, -0.2) is 8.42 Å². The third-order valence-corrected chi connectivity index (χ3v) is 7.36. The largest absolute Gasteiger partial charge is 0.416 e. The molecule has 0 bridgehead atoms. The molecule has 1 aliphatic rings. The minimum absolute atomic E-state index is 0.315. The fourth-order valence-corrected chi connectivity index (χ4v) is 5.48. The molecule has 1 N–H and O–H groups in total. The van der Waals surface area contributed by atoms with Crippen LogP contribution in [-0.4, -0.2) is 31.1 Å². The van der Waals surface area contributed by atoms with Gasteiger partial charge in [0.1, 0.15) is 5.69 Å². The molecule has 0 unspecified atom stereocenters. The van der Waals surface area contributed by atoms with Crippen LogP contribution in [0.3, 0.4) is 0 Å². The second-order valence-corrected chi connectivity index (χ2v) is 9.96. The molecular formula is C21H20F6N2O3S. The lowest BCUT2D eigenvalue weighted by Crippen LogP contribution is -2.39. The summed E-state index contributed by atoms with van der Waals surface area (Å²) in [7, 11) is -3.95. The number of carbonyl (C=O) groups is 1. The molecule has 180 valence electrons. The highest BCUT2D eigenvalue weighted by atomic mass is 32.2. The normalized spacial score (nSPS) is 19.8. The van der Waals surface area contributed by atoms with Crippen molar-refractivity contribution in [3.8, 4) is 0 Å². The molecular weight excluding hydrogens is 474 g/mol. The first-order valence-corrected chi connectivity index (χ1v) is 11.6. The fourth-order valence-electron chi connectivity index (χ4n) is 3.74. The zero-order chi connectivity index (χ0) is 24.4. The monoisotopic (exact) mass is 494 g/mol. The molecule has 0 saturated heterocycles. The van der Waals surface area contributed by atoms with Crippen LogP contribution in [0, 0.1) is 5.92 Å². The van der Waals surface area contributed by atoms with E-state index in [0.29, 0.717) is 37.8 Å². The number of nitrogens with one attached hydrogen (secondary N) is 1. The topological polar surface area (TPSA) is 76.1 Å². The molecule has 0 aliphatic heterocycles. The number of alkyl halides is 6. The molecule has 1 aromatic heterocycles. The molecule has 5 nitrogen and oxygen atoms in total. The number of hydrogen-bond donors (Lipinski definition) is 1. The Kier molecular flexibility index (Phi) is 7.06. The van der Waals surface area contributed by atoms with Crippen LogP contribution >= 0.6 is 0 Å². The molecule has 1 fully saturated rings. The van der Waals surface area contributed by atoms with Gasteiger partial charge in [0, 0.05) is 12.2 Å². The highest BCUT2D eigenvalue weighted by Gasteiger charge is 2.34. The third kappa shape index (κ3) is 6.46. The van der Waals surface area contributed by atoms with E-state index in [1.54, 1.807) is 0 Å². The van der Waals surface area contributed by atoms with Gasteiger partial charge in [0.2, 0.25) is 0 Å². The van der Waals surface area contributed by atoms with Crippen LogP contribution in [0.4, 0.5) is 26.3 Å². The predicted molar refractivity (Wildman–Crippen MR) is 106 cm³/mol. The Labute approximate surface area is 186 Å². The first-order chi connectivity index (χ1) is 15.3. The highest BCUT2D eigenvalue weighted by molar-refractivity contribution is 7.91. The lowest BCUT2D eigenvalue weighted by molar-refractivity contribution is -0.138. The molecule has 12 heteroatoms. The third-order valence-electron chi connectivity index (χ3n) is 5.48. The molecule has 1 heterocycles. The van der Waals surface area contributed by atoms with Gasteiger partial charge in [-0.15, -0.1) is 0 Å². The van der Waals surface area contributed by atoms with Crippen LogP contribution in [0.5, 0.6) is 0 Å². The molecule has 3 rings (SSSR count). The second-order valence-electron chi connectivity index (χ2n) is 7.93. The maximum atomic E-state index is 12.9. The summed E-state index contributed by atoms with van der Waals surface area (Å²) in [5, 5.41) is 2.61.